The van der Waals surface area contributed by atoms with E-state index < -0.39 is 10.2 Å². The molecule has 1 unspecified atom stereocenters. The SMILES string of the molecule is NS(=O)(=O)NCCN=C(NSc1ccc(Cl)cc1)N1CC(c2ccccc2)C(c2ccc(Cl)cc2)=N1. The zero-order valence-corrected chi connectivity index (χ0v) is 22.2. The second kappa shape index (κ2) is 12.1. The van der Waals surface area contributed by atoms with Gasteiger partial charge in [0.25, 0.3) is 10.2 Å². The first-order valence-corrected chi connectivity index (χ1v) is 14.1. The molecule has 4 N–H and O–H groups in total. The molecule has 36 heavy (non-hydrogen) atoms. The molecule has 1 atom stereocenters. The van der Waals surface area contributed by atoms with Gasteiger partial charge in [-0.05, 0) is 59.5 Å². The highest BCUT2D eigenvalue weighted by Crippen LogP contribution is 2.30. The third kappa shape index (κ3) is 7.45. The highest BCUT2D eigenvalue weighted by molar-refractivity contribution is 7.98. The summed E-state index contributed by atoms with van der Waals surface area (Å²) in [4.78, 5) is 5.51. The molecule has 0 aliphatic carbocycles. The maximum absolute atomic E-state index is 11.2. The van der Waals surface area contributed by atoms with E-state index in [1.165, 1.54) is 11.9 Å². The van der Waals surface area contributed by atoms with Crippen molar-refractivity contribution in [3.63, 3.8) is 0 Å². The summed E-state index contributed by atoms with van der Waals surface area (Å²) in [5, 5.41) is 13.0. The Morgan fingerprint density at radius 1 is 1.03 bits per heavy atom. The summed E-state index contributed by atoms with van der Waals surface area (Å²) in [6.07, 6.45) is 0. The molecule has 0 radical (unpaired) electrons. The Morgan fingerprint density at radius 3 is 2.31 bits per heavy atom. The molecule has 8 nitrogen and oxygen atoms in total. The highest BCUT2D eigenvalue weighted by atomic mass is 35.5. The fourth-order valence-corrected chi connectivity index (χ4v) is 4.86. The summed E-state index contributed by atoms with van der Waals surface area (Å²) in [5.74, 6) is 0.471. The average molecular weight is 564 g/mol. The Kier molecular flexibility index (Phi) is 8.89. The number of nitrogens with two attached hydrogens (primary N) is 1. The first kappa shape index (κ1) is 26.5. The minimum Gasteiger partial charge on any atom is -0.295 e. The molecule has 0 aromatic heterocycles. The summed E-state index contributed by atoms with van der Waals surface area (Å²) in [5.41, 5.74) is 2.96. The molecule has 3 aromatic rings. The summed E-state index contributed by atoms with van der Waals surface area (Å²) in [6.45, 7) is 0.759. The van der Waals surface area contributed by atoms with Crippen LogP contribution in [0.1, 0.15) is 17.0 Å². The van der Waals surface area contributed by atoms with Gasteiger partial charge in [0.15, 0.2) is 0 Å². The molecule has 4 rings (SSSR count). The van der Waals surface area contributed by atoms with Crippen molar-refractivity contribution in [2.24, 2.45) is 15.2 Å². The molecular formula is C24H24Cl2N6O2S2. The minimum absolute atomic E-state index is 0.0116. The van der Waals surface area contributed by atoms with Crippen molar-refractivity contribution < 1.29 is 8.42 Å². The van der Waals surface area contributed by atoms with Gasteiger partial charge in [-0.2, -0.15) is 13.5 Å². The van der Waals surface area contributed by atoms with Crippen molar-refractivity contribution in [3.8, 4) is 0 Å². The molecule has 3 aromatic carbocycles. The number of rotatable bonds is 8. The van der Waals surface area contributed by atoms with E-state index in [1.54, 1.807) is 17.1 Å². The summed E-state index contributed by atoms with van der Waals surface area (Å²) < 4.78 is 28.0. The van der Waals surface area contributed by atoms with Gasteiger partial charge in [0, 0.05) is 27.4 Å². The van der Waals surface area contributed by atoms with Gasteiger partial charge in [0.05, 0.1) is 18.8 Å². The Balaban J connectivity index is 1.62. The summed E-state index contributed by atoms with van der Waals surface area (Å²) in [7, 11) is -3.80. The number of nitrogens with one attached hydrogen (secondary N) is 2. The second-order valence-electron chi connectivity index (χ2n) is 7.84. The van der Waals surface area contributed by atoms with Gasteiger partial charge < -0.3 is 0 Å². The maximum atomic E-state index is 11.2. The molecule has 0 saturated carbocycles. The molecule has 1 heterocycles. The lowest BCUT2D eigenvalue weighted by molar-refractivity contribution is 0.463. The van der Waals surface area contributed by atoms with Crippen LogP contribution in [0.15, 0.2) is 93.9 Å². The Hall–Kier alpha value is -2.60. The topological polar surface area (TPSA) is 112 Å². The number of hydrogen-bond donors (Lipinski definition) is 3. The van der Waals surface area contributed by atoms with Crippen LogP contribution in [0, 0.1) is 0 Å². The molecule has 0 bridgehead atoms. The number of hydrazone groups is 1. The van der Waals surface area contributed by atoms with Crippen LogP contribution in [0.2, 0.25) is 10.0 Å². The highest BCUT2D eigenvalue weighted by Gasteiger charge is 2.31. The van der Waals surface area contributed by atoms with Gasteiger partial charge in [0.2, 0.25) is 5.96 Å². The van der Waals surface area contributed by atoms with E-state index in [0.717, 1.165) is 21.7 Å². The van der Waals surface area contributed by atoms with E-state index in [9.17, 15) is 8.42 Å². The first-order chi connectivity index (χ1) is 17.3. The van der Waals surface area contributed by atoms with Crippen molar-refractivity contribution in [1.82, 2.24) is 14.5 Å². The standard InChI is InChI=1S/C24H24Cl2N6O2S2/c25-19-8-6-18(7-9-19)23-22(17-4-2-1-3-5-17)16-32(30-23)24(28-14-15-29-36(27,33)34)31-35-21-12-10-20(26)11-13-21/h1-13,22,29H,14-16H2,(H,28,31)(H2,27,33,34). The van der Waals surface area contributed by atoms with Crippen molar-refractivity contribution in [2.45, 2.75) is 10.8 Å². The van der Waals surface area contributed by atoms with Crippen molar-refractivity contribution in [2.75, 3.05) is 19.6 Å². The van der Waals surface area contributed by atoms with E-state index in [1.807, 2.05) is 54.6 Å². The third-order valence-corrected chi connectivity index (χ3v) is 7.15. The predicted molar refractivity (Wildman–Crippen MR) is 148 cm³/mol. The van der Waals surface area contributed by atoms with Crippen molar-refractivity contribution in [3.05, 3.63) is 100 Å². The predicted octanol–water partition coefficient (Wildman–Crippen LogP) is 4.24. The van der Waals surface area contributed by atoms with Gasteiger partial charge >= 0.3 is 0 Å². The molecule has 0 spiro atoms. The first-order valence-electron chi connectivity index (χ1n) is 11.0. The molecule has 1 aliphatic rings. The molecule has 0 amide bonds. The van der Waals surface area contributed by atoms with E-state index in [2.05, 4.69) is 26.6 Å². The molecule has 0 fully saturated rings. The molecule has 0 saturated heterocycles. The lowest BCUT2D eigenvalue weighted by Gasteiger charge is -2.19. The third-order valence-electron chi connectivity index (χ3n) is 5.25. The largest absolute Gasteiger partial charge is 0.295 e. The smallest absolute Gasteiger partial charge is 0.274 e. The lowest BCUT2D eigenvalue weighted by Crippen LogP contribution is -2.36. The molecule has 12 heteroatoms. The van der Waals surface area contributed by atoms with Gasteiger partial charge in [-0.1, -0.05) is 65.7 Å². The van der Waals surface area contributed by atoms with E-state index >= 15 is 0 Å². The van der Waals surface area contributed by atoms with Crippen molar-refractivity contribution >= 4 is 57.0 Å². The van der Waals surface area contributed by atoms with E-state index in [0.29, 0.717) is 22.5 Å². The number of hydrogen-bond acceptors (Lipinski definition) is 5. The van der Waals surface area contributed by atoms with Crippen LogP contribution in [-0.4, -0.2) is 44.7 Å². The zero-order chi connectivity index (χ0) is 25.5. The van der Waals surface area contributed by atoms with Crippen LogP contribution >= 0.6 is 35.1 Å². The van der Waals surface area contributed by atoms with Gasteiger partial charge in [-0.3, -0.25) is 4.72 Å². The van der Waals surface area contributed by atoms with Gasteiger partial charge in [-0.15, -0.1) is 0 Å². The van der Waals surface area contributed by atoms with Crippen LogP contribution in [0.25, 0.3) is 0 Å². The molecular weight excluding hydrogens is 539 g/mol. The van der Waals surface area contributed by atoms with Crippen molar-refractivity contribution in [1.29, 1.82) is 0 Å². The van der Waals surface area contributed by atoms with E-state index in [-0.39, 0.29) is 19.0 Å². The molecule has 188 valence electrons. The van der Waals surface area contributed by atoms with Crippen LogP contribution in [0.5, 0.6) is 0 Å². The normalized spacial score (nSPS) is 16.2. The van der Waals surface area contributed by atoms with Crippen LogP contribution in [0.4, 0.5) is 0 Å². The van der Waals surface area contributed by atoms with E-state index in [4.69, 9.17) is 33.4 Å². The number of nitrogens with zero attached hydrogens (tertiary/aromatic N) is 3. The number of benzene rings is 3. The van der Waals surface area contributed by atoms with Crippen LogP contribution < -0.4 is 14.6 Å². The summed E-state index contributed by atoms with van der Waals surface area (Å²) in [6, 6.07) is 25.1. The quantitative estimate of drug-likeness (QED) is 0.164. The zero-order valence-electron chi connectivity index (χ0n) is 19.0. The second-order valence-corrected chi connectivity index (χ2v) is 11.0. The fraction of sp³-hybridized carbons (Fsp3) is 0.167. The Bertz CT molecular complexity index is 1340. The van der Waals surface area contributed by atoms with Crippen LogP contribution in [-0.2, 0) is 10.2 Å². The maximum Gasteiger partial charge on any atom is 0.274 e. The van der Waals surface area contributed by atoms with Crippen LogP contribution in [0.3, 0.4) is 0 Å². The number of halogens is 2. The lowest BCUT2D eigenvalue weighted by atomic mass is 9.91. The average Bonchev–Trinajstić information content (AvgIpc) is 3.30. The van der Waals surface area contributed by atoms with Gasteiger partial charge in [0.1, 0.15) is 0 Å². The van der Waals surface area contributed by atoms with Gasteiger partial charge in [-0.25, -0.2) is 19.9 Å². The Morgan fingerprint density at radius 2 is 1.67 bits per heavy atom. The minimum atomic E-state index is -3.80. The summed E-state index contributed by atoms with van der Waals surface area (Å²) >= 11 is 13.5. The number of aliphatic imine (C=N–C) groups is 1. The molecule has 1 aliphatic heterocycles. The fourth-order valence-electron chi connectivity index (χ4n) is 3.59. The number of guanidine groups is 1. The monoisotopic (exact) mass is 562 g/mol. The Labute approximate surface area is 224 Å².